The molecule has 3 nitrogen and oxygen atoms in total. The number of hydrogen-bond acceptors (Lipinski definition) is 2. The Balaban J connectivity index is 4.08. The minimum atomic E-state index is -2.64. The van der Waals surface area contributed by atoms with Crippen LogP contribution in [0.5, 0.6) is 0 Å². The van der Waals surface area contributed by atoms with Gasteiger partial charge in [-0.1, -0.05) is 0 Å². The fraction of sp³-hybridized carbons (Fsp3) is 0.714. The third kappa shape index (κ3) is 3.28. The highest BCUT2D eigenvalue weighted by Gasteiger charge is 2.30. The van der Waals surface area contributed by atoms with Crippen molar-refractivity contribution in [1.82, 2.24) is 5.32 Å². The highest BCUT2D eigenvalue weighted by Crippen LogP contribution is 2.13. The molecule has 0 atom stereocenters. The molecule has 1 N–H and O–H groups in total. The normalized spacial score (nSPS) is 11.0. The lowest BCUT2D eigenvalue weighted by molar-refractivity contribution is -0.123. The molecule has 0 saturated heterocycles. The molecule has 0 rings (SSSR count). The molecular formula is C7H10F2N2O. The molecule has 0 spiro atoms. The number of carbonyl (C=O) groups excluding carboxylic acids is 1. The number of nitriles is 1. The Labute approximate surface area is 69.4 Å². The summed E-state index contributed by atoms with van der Waals surface area (Å²) in [7, 11) is 0. The molecule has 0 aliphatic rings. The number of nitrogens with one attached hydrogen (secondary N) is 1. The SMILES string of the molecule is CC(C)(NC(=O)CC#N)C(F)F. The second kappa shape index (κ2) is 4.00. The lowest BCUT2D eigenvalue weighted by Gasteiger charge is -2.24. The molecule has 0 saturated carbocycles. The van der Waals surface area contributed by atoms with E-state index in [1.54, 1.807) is 6.07 Å². The van der Waals surface area contributed by atoms with E-state index in [-0.39, 0.29) is 0 Å². The molecule has 0 bridgehead atoms. The van der Waals surface area contributed by atoms with E-state index in [9.17, 15) is 13.6 Å². The second-order valence-electron chi connectivity index (χ2n) is 2.91. The topological polar surface area (TPSA) is 52.9 Å². The summed E-state index contributed by atoms with van der Waals surface area (Å²) in [6.45, 7) is 2.40. The Bertz CT molecular complexity index is 208. The Morgan fingerprint density at radius 2 is 2.17 bits per heavy atom. The molecule has 68 valence electrons. The van der Waals surface area contributed by atoms with E-state index in [0.717, 1.165) is 0 Å². The zero-order chi connectivity index (χ0) is 9.78. The van der Waals surface area contributed by atoms with Crippen LogP contribution in [0.1, 0.15) is 20.3 Å². The lowest BCUT2D eigenvalue weighted by atomic mass is 10.1. The third-order valence-electron chi connectivity index (χ3n) is 1.25. The summed E-state index contributed by atoms with van der Waals surface area (Å²) in [5, 5.41) is 10.1. The number of halogens is 2. The van der Waals surface area contributed by atoms with Gasteiger partial charge in [-0.2, -0.15) is 5.26 Å². The highest BCUT2D eigenvalue weighted by molar-refractivity contribution is 5.78. The van der Waals surface area contributed by atoms with E-state index in [1.807, 2.05) is 5.32 Å². The van der Waals surface area contributed by atoms with Gasteiger partial charge in [0, 0.05) is 0 Å². The van der Waals surface area contributed by atoms with Crippen molar-refractivity contribution in [3.05, 3.63) is 0 Å². The van der Waals surface area contributed by atoms with E-state index in [0.29, 0.717) is 0 Å². The summed E-state index contributed by atoms with van der Waals surface area (Å²) >= 11 is 0. The van der Waals surface area contributed by atoms with Crippen LogP contribution < -0.4 is 5.32 Å². The largest absolute Gasteiger partial charge is 0.345 e. The summed E-state index contributed by atoms with van der Waals surface area (Å²) in [6.07, 6.45) is -3.03. The van der Waals surface area contributed by atoms with E-state index in [1.165, 1.54) is 13.8 Å². The smallest absolute Gasteiger partial charge is 0.260 e. The van der Waals surface area contributed by atoms with Crippen LogP contribution in [-0.2, 0) is 4.79 Å². The van der Waals surface area contributed by atoms with Crippen LogP contribution in [0.15, 0.2) is 0 Å². The average Bonchev–Trinajstić information content (AvgIpc) is 1.85. The van der Waals surface area contributed by atoms with E-state index in [4.69, 9.17) is 5.26 Å². The first kappa shape index (κ1) is 10.8. The fourth-order valence-corrected chi connectivity index (χ4v) is 0.530. The van der Waals surface area contributed by atoms with Gasteiger partial charge < -0.3 is 5.32 Å². The van der Waals surface area contributed by atoms with Gasteiger partial charge in [0.2, 0.25) is 5.91 Å². The predicted octanol–water partition coefficient (Wildman–Crippen LogP) is 1.06. The number of nitrogens with zero attached hydrogens (tertiary/aromatic N) is 1. The van der Waals surface area contributed by atoms with Gasteiger partial charge in [0.05, 0.1) is 11.6 Å². The molecule has 12 heavy (non-hydrogen) atoms. The van der Waals surface area contributed by atoms with Crippen LogP contribution >= 0.6 is 0 Å². The van der Waals surface area contributed by atoms with Gasteiger partial charge in [0.25, 0.3) is 6.43 Å². The van der Waals surface area contributed by atoms with Crippen molar-refractivity contribution in [2.45, 2.75) is 32.2 Å². The minimum Gasteiger partial charge on any atom is -0.345 e. The number of carbonyl (C=O) groups is 1. The first-order valence-corrected chi connectivity index (χ1v) is 3.36. The number of alkyl halides is 2. The Hall–Kier alpha value is -1.18. The van der Waals surface area contributed by atoms with Crippen LogP contribution in [0, 0.1) is 11.3 Å². The van der Waals surface area contributed by atoms with Gasteiger partial charge in [0.1, 0.15) is 6.42 Å². The van der Waals surface area contributed by atoms with Gasteiger partial charge in [0.15, 0.2) is 0 Å². The van der Waals surface area contributed by atoms with Crippen molar-refractivity contribution in [2.75, 3.05) is 0 Å². The van der Waals surface area contributed by atoms with Crippen molar-refractivity contribution in [2.24, 2.45) is 0 Å². The summed E-state index contributed by atoms with van der Waals surface area (Å²) in [5.41, 5.74) is -1.56. The monoisotopic (exact) mass is 176 g/mol. The summed E-state index contributed by atoms with van der Waals surface area (Å²) in [5.74, 6) is -0.678. The zero-order valence-electron chi connectivity index (χ0n) is 6.90. The summed E-state index contributed by atoms with van der Waals surface area (Å²) in [4.78, 5) is 10.7. The molecule has 0 aromatic carbocycles. The maximum atomic E-state index is 12.1. The number of rotatable bonds is 3. The fourth-order valence-electron chi connectivity index (χ4n) is 0.530. The first-order valence-electron chi connectivity index (χ1n) is 3.36. The maximum absolute atomic E-state index is 12.1. The van der Waals surface area contributed by atoms with Crippen molar-refractivity contribution < 1.29 is 13.6 Å². The van der Waals surface area contributed by atoms with Gasteiger partial charge in [-0.25, -0.2) is 8.78 Å². The Morgan fingerprint density at radius 1 is 1.67 bits per heavy atom. The zero-order valence-corrected chi connectivity index (χ0v) is 6.90. The first-order chi connectivity index (χ1) is 5.40. The molecule has 1 amide bonds. The molecule has 0 aromatic rings. The number of hydrogen-bond donors (Lipinski definition) is 1. The standard InChI is InChI=1S/C7H10F2N2O/c1-7(2,6(8)9)11-5(12)3-4-10/h6H,3H2,1-2H3,(H,11,12). The Kier molecular flexibility index (Phi) is 3.61. The average molecular weight is 176 g/mol. The predicted molar refractivity (Wildman–Crippen MR) is 38.5 cm³/mol. The lowest BCUT2D eigenvalue weighted by Crippen LogP contribution is -2.48. The maximum Gasteiger partial charge on any atom is 0.260 e. The molecule has 0 radical (unpaired) electrons. The van der Waals surface area contributed by atoms with Crippen molar-refractivity contribution in [3.63, 3.8) is 0 Å². The van der Waals surface area contributed by atoms with Crippen molar-refractivity contribution in [1.29, 1.82) is 5.26 Å². The van der Waals surface area contributed by atoms with Crippen molar-refractivity contribution >= 4 is 5.91 Å². The van der Waals surface area contributed by atoms with E-state index in [2.05, 4.69) is 0 Å². The van der Waals surface area contributed by atoms with Crippen LogP contribution in [-0.4, -0.2) is 17.9 Å². The molecule has 0 heterocycles. The Morgan fingerprint density at radius 3 is 2.50 bits per heavy atom. The van der Waals surface area contributed by atoms with Gasteiger partial charge in [-0.3, -0.25) is 4.79 Å². The van der Waals surface area contributed by atoms with E-state index < -0.39 is 24.3 Å². The molecule has 5 heteroatoms. The van der Waals surface area contributed by atoms with Crippen LogP contribution in [0.25, 0.3) is 0 Å². The van der Waals surface area contributed by atoms with Crippen LogP contribution in [0.2, 0.25) is 0 Å². The van der Waals surface area contributed by atoms with Gasteiger partial charge in [-0.15, -0.1) is 0 Å². The quantitative estimate of drug-likeness (QED) is 0.699. The third-order valence-corrected chi connectivity index (χ3v) is 1.25. The molecule has 0 aliphatic carbocycles. The van der Waals surface area contributed by atoms with Gasteiger partial charge >= 0.3 is 0 Å². The van der Waals surface area contributed by atoms with Gasteiger partial charge in [-0.05, 0) is 13.8 Å². The minimum absolute atomic E-state index is 0.393. The molecular weight excluding hydrogens is 166 g/mol. The van der Waals surface area contributed by atoms with Crippen LogP contribution in [0.3, 0.4) is 0 Å². The second-order valence-corrected chi connectivity index (χ2v) is 2.91. The molecule has 0 aliphatic heterocycles. The number of amides is 1. The van der Waals surface area contributed by atoms with Crippen LogP contribution in [0.4, 0.5) is 8.78 Å². The van der Waals surface area contributed by atoms with E-state index >= 15 is 0 Å². The summed E-state index contributed by atoms with van der Waals surface area (Å²) in [6, 6.07) is 1.57. The molecule has 0 aromatic heterocycles. The van der Waals surface area contributed by atoms with Crippen molar-refractivity contribution in [3.8, 4) is 6.07 Å². The summed E-state index contributed by atoms with van der Waals surface area (Å²) < 4.78 is 24.2. The molecule has 0 unspecified atom stereocenters. The molecule has 0 fully saturated rings. The highest BCUT2D eigenvalue weighted by atomic mass is 19.3.